The van der Waals surface area contributed by atoms with E-state index in [0.29, 0.717) is 17.8 Å². The molecular weight excluding hydrogens is 352 g/mol. The Hall–Kier alpha value is -1.99. The average molecular weight is 385 g/mol. The molecule has 0 spiro atoms. The van der Waals surface area contributed by atoms with Gasteiger partial charge in [0, 0.05) is 57.1 Å². The van der Waals surface area contributed by atoms with Gasteiger partial charge >= 0.3 is 0 Å². The molecular formula is C21H32N6O. The summed E-state index contributed by atoms with van der Waals surface area (Å²) in [7, 11) is 0. The van der Waals surface area contributed by atoms with E-state index in [2.05, 4.69) is 62.7 Å². The molecule has 4 heterocycles. The monoisotopic (exact) mass is 384 g/mol. The molecule has 0 radical (unpaired) electrons. The number of nitrogens with zero attached hydrogens (tertiary/aromatic N) is 6. The molecule has 2 aromatic rings. The van der Waals surface area contributed by atoms with Gasteiger partial charge in [0.2, 0.25) is 11.7 Å². The van der Waals surface area contributed by atoms with Crippen LogP contribution in [0.5, 0.6) is 0 Å². The molecule has 28 heavy (non-hydrogen) atoms. The standard InChI is InChI=1S/C21H32N6O/c1-16(2)26-11-9-25(10-12-26)15-20-23-21(24-28-20)18-6-7-19(22-13-18)27-8-4-5-17(3)14-27/h6-7,13,16-17H,4-5,8-12,14-15H2,1-3H3/t17-/m0/s1. The van der Waals surface area contributed by atoms with Crippen LogP contribution in [0, 0.1) is 5.92 Å². The van der Waals surface area contributed by atoms with E-state index in [0.717, 1.165) is 63.1 Å². The van der Waals surface area contributed by atoms with Crippen LogP contribution >= 0.6 is 0 Å². The Morgan fingerprint density at radius 3 is 2.64 bits per heavy atom. The lowest BCUT2D eigenvalue weighted by molar-refractivity contribution is 0.0960. The zero-order valence-electron chi connectivity index (χ0n) is 17.3. The van der Waals surface area contributed by atoms with Crippen molar-refractivity contribution in [3.63, 3.8) is 0 Å². The van der Waals surface area contributed by atoms with E-state index >= 15 is 0 Å². The third-order valence-corrected chi connectivity index (χ3v) is 5.95. The predicted molar refractivity (Wildman–Crippen MR) is 110 cm³/mol. The van der Waals surface area contributed by atoms with E-state index in [-0.39, 0.29) is 0 Å². The zero-order valence-corrected chi connectivity index (χ0v) is 17.3. The predicted octanol–water partition coefficient (Wildman–Crippen LogP) is 2.89. The molecule has 4 rings (SSSR count). The Kier molecular flexibility index (Phi) is 5.92. The fourth-order valence-corrected chi connectivity index (χ4v) is 4.17. The largest absolute Gasteiger partial charge is 0.356 e. The third-order valence-electron chi connectivity index (χ3n) is 5.95. The van der Waals surface area contributed by atoms with Crippen molar-refractivity contribution in [2.24, 2.45) is 5.92 Å². The maximum Gasteiger partial charge on any atom is 0.241 e. The van der Waals surface area contributed by atoms with Crippen molar-refractivity contribution in [1.29, 1.82) is 0 Å². The van der Waals surface area contributed by atoms with Gasteiger partial charge in [0.25, 0.3) is 0 Å². The van der Waals surface area contributed by atoms with Gasteiger partial charge in [0.15, 0.2) is 0 Å². The first-order valence-corrected chi connectivity index (χ1v) is 10.6. The SMILES string of the molecule is CC(C)N1CCN(Cc2nc(-c3ccc(N4CCC[C@H](C)C4)nc3)no2)CC1. The van der Waals surface area contributed by atoms with E-state index in [1.54, 1.807) is 0 Å². The maximum atomic E-state index is 5.50. The summed E-state index contributed by atoms with van der Waals surface area (Å²) in [5.41, 5.74) is 0.911. The van der Waals surface area contributed by atoms with E-state index < -0.39 is 0 Å². The number of hydrogen-bond acceptors (Lipinski definition) is 7. The summed E-state index contributed by atoms with van der Waals surface area (Å²) in [6.07, 6.45) is 4.42. The van der Waals surface area contributed by atoms with Crippen molar-refractivity contribution in [1.82, 2.24) is 24.9 Å². The fraction of sp³-hybridized carbons (Fsp3) is 0.667. The summed E-state index contributed by atoms with van der Waals surface area (Å²) in [5.74, 6) is 3.09. The molecule has 1 atom stereocenters. The van der Waals surface area contributed by atoms with Gasteiger partial charge in [-0.05, 0) is 44.7 Å². The van der Waals surface area contributed by atoms with Crippen LogP contribution in [0.1, 0.15) is 39.5 Å². The van der Waals surface area contributed by atoms with Crippen LogP contribution in [-0.4, -0.2) is 70.2 Å². The van der Waals surface area contributed by atoms with Crippen LogP contribution in [0.25, 0.3) is 11.4 Å². The molecule has 2 fully saturated rings. The van der Waals surface area contributed by atoms with Crippen molar-refractivity contribution in [2.45, 2.75) is 46.2 Å². The minimum absolute atomic E-state index is 0.612. The van der Waals surface area contributed by atoms with Crippen molar-refractivity contribution < 1.29 is 4.52 Å². The molecule has 2 aliphatic rings. The Balaban J connectivity index is 1.35. The first-order chi connectivity index (χ1) is 13.6. The molecule has 2 saturated heterocycles. The molecule has 0 N–H and O–H groups in total. The summed E-state index contributed by atoms with van der Waals surface area (Å²) in [4.78, 5) is 16.5. The lowest BCUT2D eigenvalue weighted by atomic mass is 10.0. The molecule has 7 nitrogen and oxygen atoms in total. The summed E-state index contributed by atoms with van der Waals surface area (Å²) in [5, 5.41) is 4.17. The number of pyridine rings is 1. The Bertz CT molecular complexity index is 751. The molecule has 0 bridgehead atoms. The van der Waals surface area contributed by atoms with E-state index in [1.807, 2.05) is 6.20 Å². The first kappa shape index (κ1) is 19.3. The van der Waals surface area contributed by atoms with E-state index in [1.165, 1.54) is 12.8 Å². The minimum Gasteiger partial charge on any atom is -0.356 e. The molecule has 2 aliphatic heterocycles. The normalized spacial score (nSPS) is 22.1. The number of piperazine rings is 1. The van der Waals surface area contributed by atoms with Crippen molar-refractivity contribution in [3.05, 3.63) is 24.2 Å². The summed E-state index contributed by atoms with van der Waals surface area (Å²) >= 11 is 0. The second kappa shape index (κ2) is 8.57. The van der Waals surface area contributed by atoms with E-state index in [9.17, 15) is 0 Å². The van der Waals surface area contributed by atoms with Crippen LogP contribution in [0.3, 0.4) is 0 Å². The van der Waals surface area contributed by atoms with Crippen molar-refractivity contribution >= 4 is 5.82 Å². The highest BCUT2D eigenvalue weighted by Crippen LogP contribution is 2.23. The molecule has 152 valence electrons. The van der Waals surface area contributed by atoms with Crippen molar-refractivity contribution in [2.75, 3.05) is 44.2 Å². The van der Waals surface area contributed by atoms with Gasteiger partial charge in [0.1, 0.15) is 5.82 Å². The van der Waals surface area contributed by atoms with Crippen LogP contribution in [0.2, 0.25) is 0 Å². The third kappa shape index (κ3) is 4.52. The van der Waals surface area contributed by atoms with Crippen LogP contribution in [0.15, 0.2) is 22.9 Å². The van der Waals surface area contributed by atoms with Gasteiger partial charge in [-0.2, -0.15) is 4.98 Å². The highest BCUT2D eigenvalue weighted by Gasteiger charge is 2.21. The van der Waals surface area contributed by atoms with Gasteiger partial charge in [-0.25, -0.2) is 4.98 Å². The molecule has 0 aromatic carbocycles. The molecule has 0 amide bonds. The van der Waals surface area contributed by atoms with Crippen molar-refractivity contribution in [3.8, 4) is 11.4 Å². The molecule has 0 saturated carbocycles. The van der Waals surface area contributed by atoms with E-state index in [4.69, 9.17) is 4.52 Å². The smallest absolute Gasteiger partial charge is 0.241 e. The molecule has 2 aromatic heterocycles. The summed E-state index contributed by atoms with van der Waals surface area (Å²) in [6.45, 7) is 14.0. The van der Waals surface area contributed by atoms with Crippen LogP contribution in [-0.2, 0) is 6.54 Å². The van der Waals surface area contributed by atoms with Gasteiger partial charge < -0.3 is 9.42 Å². The van der Waals surface area contributed by atoms with Gasteiger partial charge in [-0.15, -0.1) is 0 Å². The average Bonchev–Trinajstić information content (AvgIpc) is 3.17. The van der Waals surface area contributed by atoms with Gasteiger partial charge in [0.05, 0.1) is 6.54 Å². The minimum atomic E-state index is 0.612. The number of piperidine rings is 1. The Labute approximate surface area is 167 Å². The molecule has 0 unspecified atom stereocenters. The number of rotatable bonds is 5. The van der Waals surface area contributed by atoms with Crippen LogP contribution in [0.4, 0.5) is 5.82 Å². The van der Waals surface area contributed by atoms with Gasteiger partial charge in [-0.3, -0.25) is 9.80 Å². The lowest BCUT2D eigenvalue weighted by Crippen LogP contribution is -2.48. The quantitative estimate of drug-likeness (QED) is 0.785. The fourth-order valence-electron chi connectivity index (χ4n) is 4.17. The van der Waals surface area contributed by atoms with Crippen LogP contribution < -0.4 is 4.90 Å². The first-order valence-electron chi connectivity index (χ1n) is 10.6. The summed E-state index contributed by atoms with van der Waals surface area (Å²) < 4.78 is 5.50. The highest BCUT2D eigenvalue weighted by molar-refractivity contribution is 5.55. The Morgan fingerprint density at radius 1 is 1.14 bits per heavy atom. The summed E-state index contributed by atoms with van der Waals surface area (Å²) in [6, 6.07) is 4.74. The zero-order chi connectivity index (χ0) is 19.5. The number of aromatic nitrogens is 3. The highest BCUT2D eigenvalue weighted by atomic mass is 16.5. The number of hydrogen-bond donors (Lipinski definition) is 0. The van der Waals surface area contributed by atoms with Gasteiger partial charge in [-0.1, -0.05) is 12.1 Å². The maximum absolute atomic E-state index is 5.50. The molecule has 0 aliphatic carbocycles. The number of anilines is 1. The lowest BCUT2D eigenvalue weighted by Gasteiger charge is -2.36. The Morgan fingerprint density at radius 2 is 1.96 bits per heavy atom. The second-order valence-electron chi connectivity index (χ2n) is 8.52. The topological polar surface area (TPSA) is 61.5 Å². The second-order valence-corrected chi connectivity index (χ2v) is 8.52. The molecule has 7 heteroatoms.